The molecule has 0 radical (unpaired) electrons. The predicted molar refractivity (Wildman–Crippen MR) is 81.4 cm³/mol. The lowest BCUT2D eigenvalue weighted by molar-refractivity contribution is -0.125. The summed E-state index contributed by atoms with van der Waals surface area (Å²) in [6.07, 6.45) is 1.91. The van der Waals surface area contributed by atoms with Crippen LogP contribution in [0, 0.1) is 11.8 Å². The van der Waals surface area contributed by atoms with Gasteiger partial charge in [-0.25, -0.2) is 0 Å². The van der Waals surface area contributed by atoms with E-state index in [2.05, 4.69) is 44.7 Å². The van der Waals surface area contributed by atoms with E-state index in [9.17, 15) is 4.79 Å². The first-order valence-electron chi connectivity index (χ1n) is 7.71. The second kappa shape index (κ2) is 6.25. The van der Waals surface area contributed by atoms with Crippen LogP contribution in [0.25, 0.3) is 5.65 Å². The van der Waals surface area contributed by atoms with Gasteiger partial charge in [-0.1, -0.05) is 13.8 Å². The molecule has 8 nitrogen and oxygen atoms in total. The molecular weight excluding hydrogens is 282 g/mol. The minimum Gasteiger partial charge on any atom is -0.356 e. The quantitative estimate of drug-likeness (QED) is 0.885. The van der Waals surface area contributed by atoms with Gasteiger partial charge < -0.3 is 10.2 Å². The Morgan fingerprint density at radius 1 is 1.45 bits per heavy atom. The van der Waals surface area contributed by atoms with Gasteiger partial charge in [0.1, 0.15) is 0 Å². The predicted octanol–water partition coefficient (Wildman–Crippen LogP) is 0.508. The van der Waals surface area contributed by atoms with Crippen LogP contribution in [0.2, 0.25) is 0 Å². The van der Waals surface area contributed by atoms with E-state index in [1.807, 2.05) is 12.1 Å². The topological polar surface area (TPSA) is 88.3 Å². The van der Waals surface area contributed by atoms with Crippen molar-refractivity contribution in [2.45, 2.75) is 26.7 Å². The van der Waals surface area contributed by atoms with E-state index in [-0.39, 0.29) is 11.8 Å². The van der Waals surface area contributed by atoms with E-state index < -0.39 is 0 Å². The van der Waals surface area contributed by atoms with Crippen LogP contribution < -0.4 is 10.2 Å². The van der Waals surface area contributed by atoms with Gasteiger partial charge in [-0.2, -0.15) is 0 Å². The van der Waals surface area contributed by atoms with Crippen LogP contribution in [-0.2, 0) is 4.79 Å². The van der Waals surface area contributed by atoms with Gasteiger partial charge in [0.2, 0.25) is 5.91 Å². The fourth-order valence-corrected chi connectivity index (χ4v) is 2.66. The minimum absolute atomic E-state index is 0.0128. The molecule has 22 heavy (non-hydrogen) atoms. The molecule has 0 bridgehead atoms. The molecule has 2 aromatic heterocycles. The molecule has 118 valence electrons. The maximum Gasteiger partial charge on any atom is 0.224 e. The van der Waals surface area contributed by atoms with Crippen molar-refractivity contribution in [1.29, 1.82) is 0 Å². The first kappa shape index (κ1) is 14.7. The van der Waals surface area contributed by atoms with Crippen molar-refractivity contribution in [2.75, 3.05) is 24.5 Å². The zero-order chi connectivity index (χ0) is 15.5. The zero-order valence-corrected chi connectivity index (χ0v) is 12.9. The van der Waals surface area contributed by atoms with Crippen molar-refractivity contribution in [3.05, 3.63) is 12.1 Å². The Morgan fingerprint density at radius 3 is 3.14 bits per heavy atom. The lowest BCUT2D eigenvalue weighted by Gasteiger charge is -2.32. The Labute approximate surface area is 128 Å². The molecular formula is C14H21N7O. The standard InChI is InChI=1S/C14H21N7O/c1-10(2)8-15-14(22)11-4-3-7-20(9-11)13-6-5-12-16-18-19-21(12)17-13/h5-6,10-11H,3-4,7-9H2,1-2H3,(H,15,22)/t11-/m1/s1. The molecule has 8 heteroatoms. The molecule has 0 aromatic carbocycles. The number of nitrogens with one attached hydrogen (secondary N) is 1. The summed E-state index contributed by atoms with van der Waals surface area (Å²) in [6, 6.07) is 3.74. The van der Waals surface area contributed by atoms with E-state index in [0.717, 1.165) is 31.7 Å². The molecule has 1 atom stereocenters. The van der Waals surface area contributed by atoms with Gasteiger partial charge >= 0.3 is 0 Å². The van der Waals surface area contributed by atoms with Gasteiger partial charge in [0.25, 0.3) is 0 Å². The van der Waals surface area contributed by atoms with Crippen molar-refractivity contribution < 1.29 is 4.79 Å². The normalized spacial score (nSPS) is 18.9. The zero-order valence-electron chi connectivity index (χ0n) is 12.9. The lowest BCUT2D eigenvalue weighted by Crippen LogP contribution is -2.44. The van der Waals surface area contributed by atoms with E-state index in [4.69, 9.17) is 0 Å². The number of piperidine rings is 1. The maximum atomic E-state index is 12.3. The number of carbonyl (C=O) groups is 1. The highest BCUT2D eigenvalue weighted by Crippen LogP contribution is 2.21. The monoisotopic (exact) mass is 303 g/mol. The van der Waals surface area contributed by atoms with E-state index >= 15 is 0 Å². The Morgan fingerprint density at radius 2 is 2.32 bits per heavy atom. The van der Waals surface area contributed by atoms with Gasteiger partial charge in [-0.05, 0) is 41.3 Å². The molecule has 1 aliphatic heterocycles. The molecule has 1 N–H and O–H groups in total. The number of hydrogen-bond acceptors (Lipinski definition) is 6. The van der Waals surface area contributed by atoms with E-state index in [1.54, 1.807) is 0 Å². The Bertz CT molecular complexity index is 653. The Kier molecular flexibility index (Phi) is 4.17. The highest BCUT2D eigenvalue weighted by atomic mass is 16.1. The van der Waals surface area contributed by atoms with Crippen LogP contribution in [0.15, 0.2) is 12.1 Å². The average molecular weight is 303 g/mol. The minimum atomic E-state index is 0.0128. The van der Waals surface area contributed by atoms with Gasteiger partial charge in [-0.3, -0.25) is 4.79 Å². The smallest absolute Gasteiger partial charge is 0.224 e. The molecule has 0 saturated carbocycles. The third-order valence-corrected chi connectivity index (χ3v) is 3.86. The SMILES string of the molecule is CC(C)CNC(=O)[C@@H]1CCCN(c2ccc3nnnn3n2)C1. The van der Waals surface area contributed by atoms with Crippen molar-refractivity contribution in [3.63, 3.8) is 0 Å². The van der Waals surface area contributed by atoms with Crippen LogP contribution in [0.4, 0.5) is 5.82 Å². The summed E-state index contributed by atoms with van der Waals surface area (Å²) in [5.74, 6) is 1.43. The fourth-order valence-electron chi connectivity index (χ4n) is 2.66. The van der Waals surface area contributed by atoms with Crippen LogP contribution >= 0.6 is 0 Å². The third kappa shape index (κ3) is 3.15. The number of carbonyl (C=O) groups excluding carboxylic acids is 1. The number of rotatable bonds is 4. The van der Waals surface area contributed by atoms with Gasteiger partial charge in [-0.15, -0.1) is 14.8 Å². The number of anilines is 1. The van der Waals surface area contributed by atoms with Crippen LogP contribution in [0.5, 0.6) is 0 Å². The molecule has 1 amide bonds. The molecule has 0 spiro atoms. The van der Waals surface area contributed by atoms with E-state index in [0.29, 0.717) is 18.1 Å². The number of amides is 1. The first-order valence-corrected chi connectivity index (χ1v) is 7.71. The molecule has 3 rings (SSSR count). The summed E-state index contributed by atoms with van der Waals surface area (Å²) in [4.78, 5) is 14.4. The van der Waals surface area contributed by atoms with Gasteiger partial charge in [0.15, 0.2) is 11.5 Å². The fraction of sp³-hybridized carbons (Fsp3) is 0.643. The van der Waals surface area contributed by atoms with E-state index in [1.165, 1.54) is 4.63 Å². The molecule has 2 aromatic rings. The average Bonchev–Trinajstić information content (AvgIpc) is 3.00. The largest absolute Gasteiger partial charge is 0.356 e. The summed E-state index contributed by atoms with van der Waals surface area (Å²) in [7, 11) is 0. The maximum absolute atomic E-state index is 12.3. The first-order chi connectivity index (χ1) is 10.6. The number of fused-ring (bicyclic) bond motifs is 1. The number of hydrogen-bond donors (Lipinski definition) is 1. The summed E-state index contributed by atoms with van der Waals surface area (Å²) in [6.45, 7) is 6.50. The van der Waals surface area contributed by atoms with Gasteiger partial charge in [0.05, 0.1) is 5.92 Å². The van der Waals surface area contributed by atoms with Crippen LogP contribution in [0.3, 0.4) is 0 Å². The molecule has 1 saturated heterocycles. The number of tetrazole rings is 1. The third-order valence-electron chi connectivity index (χ3n) is 3.86. The summed E-state index contributed by atoms with van der Waals surface area (Å²) in [5, 5.41) is 18.7. The Balaban J connectivity index is 1.68. The van der Waals surface area contributed by atoms with Crippen molar-refractivity contribution in [1.82, 2.24) is 30.6 Å². The second-order valence-corrected chi connectivity index (χ2v) is 6.14. The summed E-state index contributed by atoms with van der Waals surface area (Å²) < 4.78 is 1.41. The summed E-state index contributed by atoms with van der Waals surface area (Å²) in [5.41, 5.74) is 0.618. The molecule has 1 fully saturated rings. The Hall–Kier alpha value is -2.25. The van der Waals surface area contributed by atoms with Gasteiger partial charge in [0, 0.05) is 19.6 Å². The lowest BCUT2D eigenvalue weighted by atomic mass is 9.97. The number of aromatic nitrogens is 5. The van der Waals surface area contributed by atoms with Crippen LogP contribution in [-0.4, -0.2) is 50.8 Å². The highest BCUT2D eigenvalue weighted by Gasteiger charge is 2.26. The molecule has 0 unspecified atom stereocenters. The molecule has 1 aliphatic rings. The summed E-state index contributed by atoms with van der Waals surface area (Å²) >= 11 is 0. The molecule has 0 aliphatic carbocycles. The second-order valence-electron chi connectivity index (χ2n) is 6.14. The van der Waals surface area contributed by atoms with Crippen LogP contribution in [0.1, 0.15) is 26.7 Å². The van der Waals surface area contributed by atoms with Crippen molar-refractivity contribution in [2.24, 2.45) is 11.8 Å². The molecule has 3 heterocycles. The van der Waals surface area contributed by atoms with Crippen molar-refractivity contribution in [3.8, 4) is 0 Å². The van der Waals surface area contributed by atoms with Crippen molar-refractivity contribution >= 4 is 17.4 Å². The number of nitrogens with zero attached hydrogens (tertiary/aromatic N) is 6. The highest BCUT2D eigenvalue weighted by molar-refractivity contribution is 5.79.